The van der Waals surface area contributed by atoms with Gasteiger partial charge in [0.05, 0.1) is 5.69 Å². The van der Waals surface area contributed by atoms with Crippen LogP contribution in [0.2, 0.25) is 0 Å². The van der Waals surface area contributed by atoms with Crippen LogP contribution in [0.25, 0.3) is 0 Å². The molecule has 0 amide bonds. The molecular formula is C21H22N2O2S2. The smallest absolute Gasteiger partial charge is 0.249 e. The first-order valence-corrected chi connectivity index (χ1v) is 11.5. The second-order valence-corrected chi connectivity index (χ2v) is 9.42. The number of thiophene rings is 1. The minimum atomic E-state index is -3.82. The van der Waals surface area contributed by atoms with Gasteiger partial charge in [-0.2, -0.15) is 0 Å². The predicted octanol–water partition coefficient (Wildman–Crippen LogP) is 4.92. The molecule has 0 atom stereocenters. The third kappa shape index (κ3) is 3.29. The van der Waals surface area contributed by atoms with Gasteiger partial charge in [0.15, 0.2) is 4.21 Å². The molecule has 0 radical (unpaired) electrons. The average Bonchev–Trinajstić information content (AvgIpc) is 2.99. The van der Waals surface area contributed by atoms with Crippen molar-refractivity contribution < 1.29 is 8.42 Å². The Morgan fingerprint density at radius 1 is 1.00 bits per heavy atom. The number of primary sulfonamides is 1. The number of fused-ring (bicyclic) bond motifs is 2. The van der Waals surface area contributed by atoms with Crippen molar-refractivity contribution in [3.05, 3.63) is 70.6 Å². The number of sulfonamides is 1. The number of rotatable bonds is 4. The molecule has 0 bridgehead atoms. The second kappa shape index (κ2) is 7.11. The molecular weight excluding hydrogens is 376 g/mol. The summed E-state index contributed by atoms with van der Waals surface area (Å²) in [5, 5.41) is 7.55. The van der Waals surface area contributed by atoms with E-state index in [1.165, 1.54) is 22.5 Å². The normalized spacial score (nSPS) is 13.8. The van der Waals surface area contributed by atoms with Crippen LogP contribution in [0.4, 0.5) is 17.1 Å². The summed E-state index contributed by atoms with van der Waals surface area (Å²) in [6, 6.07) is 16.5. The molecule has 0 saturated carbocycles. The average molecular weight is 399 g/mol. The minimum absolute atomic E-state index is 0.234. The Balaban J connectivity index is 2.06. The lowest BCUT2D eigenvalue weighted by Crippen LogP contribution is -2.18. The van der Waals surface area contributed by atoms with Gasteiger partial charge < -0.3 is 4.90 Å². The van der Waals surface area contributed by atoms with Crippen molar-refractivity contribution in [3.8, 4) is 0 Å². The molecule has 3 aromatic rings. The Morgan fingerprint density at radius 2 is 1.56 bits per heavy atom. The quantitative estimate of drug-likeness (QED) is 0.679. The zero-order valence-corrected chi connectivity index (χ0v) is 16.8. The standard InChI is InChI=1S/C21H22N2O2S2/c1-2-7-17-14-26-21(27(22,24)25)20(17)23-18-10-5-3-8-15(18)12-13-16-9-4-6-11-19(16)23/h3-6,8-11,14H,2,7,12-13H2,1H3,(H2,22,24,25). The Morgan fingerprint density at radius 3 is 2.07 bits per heavy atom. The SMILES string of the molecule is CCCc1csc(S(N)(=O)=O)c1N1c2ccccc2CCc2ccccc21. The van der Waals surface area contributed by atoms with E-state index in [9.17, 15) is 8.42 Å². The van der Waals surface area contributed by atoms with E-state index in [4.69, 9.17) is 5.14 Å². The van der Waals surface area contributed by atoms with Gasteiger partial charge in [-0.1, -0.05) is 49.7 Å². The highest BCUT2D eigenvalue weighted by molar-refractivity contribution is 7.91. The van der Waals surface area contributed by atoms with Crippen LogP contribution in [-0.4, -0.2) is 8.42 Å². The molecule has 2 heterocycles. The third-order valence-electron chi connectivity index (χ3n) is 4.94. The van der Waals surface area contributed by atoms with Crippen molar-refractivity contribution >= 4 is 38.4 Å². The molecule has 0 fully saturated rings. The maximum absolute atomic E-state index is 12.4. The maximum atomic E-state index is 12.4. The number of nitrogens with two attached hydrogens (primary N) is 1. The van der Waals surface area contributed by atoms with Gasteiger partial charge in [0.25, 0.3) is 0 Å². The topological polar surface area (TPSA) is 63.4 Å². The van der Waals surface area contributed by atoms with E-state index in [1.807, 2.05) is 29.6 Å². The van der Waals surface area contributed by atoms with E-state index >= 15 is 0 Å². The Labute approximate surface area is 164 Å². The van der Waals surface area contributed by atoms with Gasteiger partial charge >= 0.3 is 0 Å². The highest BCUT2D eigenvalue weighted by atomic mass is 32.2. The molecule has 0 saturated heterocycles. The molecule has 2 aromatic carbocycles. The van der Waals surface area contributed by atoms with Gasteiger partial charge in [-0.25, -0.2) is 13.6 Å². The maximum Gasteiger partial charge on any atom is 0.249 e. The fraction of sp³-hybridized carbons (Fsp3) is 0.238. The van der Waals surface area contributed by atoms with Gasteiger partial charge in [0.2, 0.25) is 10.0 Å². The van der Waals surface area contributed by atoms with Crippen LogP contribution in [0, 0.1) is 0 Å². The summed E-state index contributed by atoms with van der Waals surface area (Å²) in [5.41, 5.74) is 6.22. The molecule has 6 heteroatoms. The first-order valence-electron chi connectivity index (χ1n) is 9.09. The monoisotopic (exact) mass is 398 g/mol. The van der Waals surface area contributed by atoms with Crippen molar-refractivity contribution in [2.24, 2.45) is 5.14 Å². The fourth-order valence-electron chi connectivity index (χ4n) is 3.77. The van der Waals surface area contributed by atoms with Crippen LogP contribution in [0.5, 0.6) is 0 Å². The molecule has 2 N–H and O–H groups in total. The van der Waals surface area contributed by atoms with E-state index in [0.717, 1.165) is 42.6 Å². The zero-order valence-electron chi connectivity index (χ0n) is 15.2. The summed E-state index contributed by atoms with van der Waals surface area (Å²) in [4.78, 5) is 2.11. The summed E-state index contributed by atoms with van der Waals surface area (Å²) < 4.78 is 25.0. The number of anilines is 3. The minimum Gasteiger partial charge on any atom is -0.307 e. The summed E-state index contributed by atoms with van der Waals surface area (Å²) >= 11 is 1.22. The van der Waals surface area contributed by atoms with E-state index in [-0.39, 0.29) is 4.21 Å². The molecule has 140 valence electrons. The van der Waals surface area contributed by atoms with Crippen LogP contribution in [0.3, 0.4) is 0 Å². The van der Waals surface area contributed by atoms with Gasteiger partial charge in [0.1, 0.15) is 0 Å². The number of aryl methyl sites for hydroxylation is 3. The van der Waals surface area contributed by atoms with Crippen molar-refractivity contribution in [2.75, 3.05) is 4.90 Å². The summed E-state index contributed by atoms with van der Waals surface area (Å²) in [7, 11) is -3.82. The molecule has 27 heavy (non-hydrogen) atoms. The molecule has 1 aromatic heterocycles. The van der Waals surface area contributed by atoms with Crippen LogP contribution in [-0.2, 0) is 29.3 Å². The number of nitrogens with zero attached hydrogens (tertiary/aromatic N) is 1. The number of para-hydroxylation sites is 2. The fourth-order valence-corrected chi connectivity index (χ4v) is 5.76. The number of hydrogen-bond acceptors (Lipinski definition) is 4. The molecule has 0 aliphatic carbocycles. The molecule has 4 rings (SSSR count). The first-order chi connectivity index (χ1) is 13.0. The molecule has 0 spiro atoms. The first kappa shape index (κ1) is 18.2. The van der Waals surface area contributed by atoms with Crippen molar-refractivity contribution in [1.82, 2.24) is 0 Å². The van der Waals surface area contributed by atoms with Crippen molar-refractivity contribution in [1.29, 1.82) is 0 Å². The summed E-state index contributed by atoms with van der Waals surface area (Å²) in [5.74, 6) is 0. The zero-order chi connectivity index (χ0) is 19.0. The second-order valence-electron chi connectivity index (χ2n) is 6.78. The van der Waals surface area contributed by atoms with E-state index in [1.54, 1.807) is 0 Å². The summed E-state index contributed by atoms with van der Waals surface area (Å²) in [6.07, 6.45) is 3.58. The van der Waals surface area contributed by atoms with Gasteiger partial charge in [-0.15, -0.1) is 11.3 Å². The largest absolute Gasteiger partial charge is 0.307 e. The Kier molecular flexibility index (Phi) is 4.80. The Hall–Kier alpha value is -2.15. The van der Waals surface area contributed by atoms with E-state index < -0.39 is 10.0 Å². The number of benzene rings is 2. The third-order valence-corrected chi connectivity index (χ3v) is 7.44. The van der Waals surface area contributed by atoms with E-state index in [2.05, 4.69) is 36.1 Å². The lowest BCUT2D eigenvalue weighted by atomic mass is 10.0. The van der Waals surface area contributed by atoms with Crippen LogP contribution < -0.4 is 10.0 Å². The molecule has 0 unspecified atom stereocenters. The highest BCUT2D eigenvalue weighted by Gasteiger charge is 2.30. The Bertz CT molecular complexity index is 1040. The summed E-state index contributed by atoms with van der Waals surface area (Å²) in [6.45, 7) is 2.10. The van der Waals surface area contributed by atoms with Gasteiger partial charge in [0, 0.05) is 11.4 Å². The predicted molar refractivity (Wildman–Crippen MR) is 112 cm³/mol. The molecule has 1 aliphatic heterocycles. The lowest BCUT2D eigenvalue weighted by molar-refractivity contribution is 0.600. The molecule has 4 nitrogen and oxygen atoms in total. The van der Waals surface area contributed by atoms with Crippen LogP contribution >= 0.6 is 11.3 Å². The van der Waals surface area contributed by atoms with E-state index in [0.29, 0.717) is 5.69 Å². The number of hydrogen-bond donors (Lipinski definition) is 1. The molecule has 1 aliphatic rings. The van der Waals surface area contributed by atoms with Gasteiger partial charge in [-0.05, 0) is 53.5 Å². The van der Waals surface area contributed by atoms with Crippen LogP contribution in [0.1, 0.15) is 30.0 Å². The van der Waals surface area contributed by atoms with Crippen molar-refractivity contribution in [3.63, 3.8) is 0 Å². The van der Waals surface area contributed by atoms with Crippen molar-refractivity contribution in [2.45, 2.75) is 36.8 Å². The van der Waals surface area contributed by atoms with Gasteiger partial charge in [-0.3, -0.25) is 0 Å². The van der Waals surface area contributed by atoms with Crippen LogP contribution in [0.15, 0.2) is 58.1 Å². The lowest BCUT2D eigenvalue weighted by Gasteiger charge is -2.28. The highest BCUT2D eigenvalue weighted by Crippen LogP contribution is 2.47.